The average molecular weight is 2150 g/mol. The minimum atomic E-state index is 0. The van der Waals surface area contributed by atoms with Crippen molar-refractivity contribution in [1.29, 1.82) is 0 Å². The predicted molar refractivity (Wildman–Crippen MR) is 495 cm³/mol. The van der Waals surface area contributed by atoms with Gasteiger partial charge in [0.1, 0.15) is 0 Å². The van der Waals surface area contributed by atoms with Gasteiger partial charge in [0.25, 0.3) is 0 Å². The Bertz CT molecular complexity index is 6250. The number of nitrogens with zero attached hydrogens (tertiary/aromatic N) is 6. The summed E-state index contributed by atoms with van der Waals surface area (Å²) in [5.41, 5.74) is 35.3. The molecule has 0 bridgehead atoms. The van der Waals surface area contributed by atoms with Crippen molar-refractivity contribution >= 4 is 63.7 Å². The summed E-state index contributed by atoms with van der Waals surface area (Å²) in [6, 6.07) is 139. The molecule has 0 spiro atoms. The zero-order valence-corrected chi connectivity index (χ0v) is 74.8. The van der Waals surface area contributed by atoms with E-state index in [0.717, 1.165) is 219 Å². The van der Waals surface area contributed by atoms with Crippen LogP contribution in [0.3, 0.4) is 0 Å². The van der Waals surface area contributed by atoms with Gasteiger partial charge in [-0.1, -0.05) is 294 Å². The quantitative estimate of drug-likeness (QED) is 0.0797. The van der Waals surface area contributed by atoms with Crippen LogP contribution in [0.1, 0.15) is 0 Å². The summed E-state index contributed by atoms with van der Waals surface area (Å²) < 4.78 is 3.90. The SMILES string of the molecule is Brc1cc[c-]c(-c2ccc(-c3ccccc3-c3cc(-c4ccccc4-c4ccc(-c5[c-]c[c-]c(-c6ccc(-c7ccccc7-c7cc(-c8ccccc8-c8ccc(-c9[c-]ccc(Br)c9)nc8)cc(-c8ccccc8-c8ccc(-c9[c-]ccc(Br)c9)nc8)c7)cn6)c5)nc4)cc(-c4ccccc4-c4ccc(-c5[c-]ccc(Br)c5)nc4)c3)cn2)c1.[Ir+3].[Ir+3]. The van der Waals surface area contributed by atoms with Gasteiger partial charge in [0.05, 0.1) is 0 Å². The molecule has 0 fully saturated rings. The van der Waals surface area contributed by atoms with E-state index >= 15 is 0 Å². The molecule has 0 aliphatic carbocycles. The van der Waals surface area contributed by atoms with Crippen LogP contribution in [-0.2, 0) is 40.2 Å². The van der Waals surface area contributed by atoms with Crippen LogP contribution >= 0.6 is 63.7 Å². The smallest absolute Gasteiger partial charge is 0.351 e. The van der Waals surface area contributed by atoms with E-state index in [1.165, 1.54) is 0 Å². The molecule has 0 amide bonds. The van der Waals surface area contributed by atoms with Crippen LogP contribution in [0.5, 0.6) is 0 Å². The summed E-state index contributed by atoms with van der Waals surface area (Å²) in [6.45, 7) is 0. The molecular formula is C108H62Br4Ir2N6. The van der Waals surface area contributed by atoms with Gasteiger partial charge in [0.2, 0.25) is 0 Å². The van der Waals surface area contributed by atoms with E-state index in [-0.39, 0.29) is 40.2 Å². The number of rotatable bonds is 18. The van der Waals surface area contributed by atoms with Crippen LogP contribution < -0.4 is 0 Å². The summed E-state index contributed by atoms with van der Waals surface area (Å²) >= 11 is 14.5. The normalized spacial score (nSPS) is 11.0. The molecule has 570 valence electrons. The fraction of sp³-hybridized carbons (Fsp3) is 0. The third kappa shape index (κ3) is 17.3. The Balaban J connectivity index is 0.00000514. The van der Waals surface area contributed by atoms with E-state index in [1.54, 1.807) is 0 Å². The van der Waals surface area contributed by atoms with Crippen LogP contribution in [0.15, 0.2) is 395 Å². The second-order valence-electron chi connectivity index (χ2n) is 28.6. The molecule has 6 nitrogen and oxygen atoms in total. The fourth-order valence-corrected chi connectivity index (χ4v) is 16.9. The summed E-state index contributed by atoms with van der Waals surface area (Å²) in [6.07, 6.45) is 11.8. The molecule has 0 N–H and O–H groups in total. The summed E-state index contributed by atoms with van der Waals surface area (Å²) in [4.78, 5) is 30.3. The van der Waals surface area contributed by atoms with Crippen LogP contribution in [-0.4, -0.2) is 29.9 Å². The summed E-state index contributed by atoms with van der Waals surface area (Å²) in [7, 11) is 0. The molecule has 13 aromatic carbocycles. The molecule has 0 aliphatic heterocycles. The Labute approximate surface area is 758 Å². The number of hydrogen-bond donors (Lipinski definition) is 0. The zero-order valence-electron chi connectivity index (χ0n) is 63.7. The third-order valence-corrected chi connectivity index (χ3v) is 23.2. The largest absolute Gasteiger partial charge is 3.00 e. The first-order valence-electron chi connectivity index (χ1n) is 38.4. The molecule has 12 heteroatoms. The Hall–Kier alpha value is -12.0. The molecule has 0 saturated carbocycles. The van der Waals surface area contributed by atoms with Crippen molar-refractivity contribution in [3.8, 4) is 201 Å². The Morgan fingerprint density at radius 1 is 0.167 bits per heavy atom. The Kier molecular flexibility index (Phi) is 24.3. The van der Waals surface area contributed by atoms with Gasteiger partial charge in [-0.2, -0.15) is 5.56 Å². The standard InChI is InChI=1S/C108H62Br4N6.2Ir/c109-87-24-14-20-71(59-87)105-48-42-77(65-115-105)93-30-3-9-36-99(93)83-53-81(54-84(57-83)100-37-10-4-31-94(100)78-43-49-106(116-66-78)72-21-15-25-88(110)60-72)97-34-7-1-28-91(97)75-40-46-103(113-63-75)69-18-13-19-70(52-69)104-47-41-76(64-114-104)92-29-2-8-35-98(92)82-55-85(101-38-11-5-32-95(101)79-44-50-107(117-67-79)73-22-16-26-89(111)61-73)58-86(56-82)102-39-12-6-33-96(102)80-45-51-108(118-68-80)74-23-17-27-90(112)62-74;;/h1-17,24-68H;;/q-6;2*+3. The van der Waals surface area contributed by atoms with Crippen molar-refractivity contribution in [2.45, 2.75) is 0 Å². The van der Waals surface area contributed by atoms with Crippen LogP contribution in [0.25, 0.3) is 201 Å². The van der Waals surface area contributed by atoms with Gasteiger partial charge < -0.3 is 24.9 Å². The van der Waals surface area contributed by atoms with Gasteiger partial charge in [-0.05, 0) is 193 Å². The van der Waals surface area contributed by atoms with E-state index in [2.05, 4.69) is 361 Å². The number of benzene rings is 13. The molecule has 19 rings (SSSR count). The topological polar surface area (TPSA) is 77.3 Å². The maximum atomic E-state index is 5.19. The van der Waals surface area contributed by atoms with Gasteiger partial charge in [-0.15, -0.1) is 125 Å². The van der Waals surface area contributed by atoms with E-state index in [9.17, 15) is 0 Å². The fourth-order valence-electron chi connectivity index (χ4n) is 15.4. The molecular weight excluding hydrogens is 2090 g/mol. The summed E-state index contributed by atoms with van der Waals surface area (Å²) in [5, 5.41) is 0. The van der Waals surface area contributed by atoms with Crippen LogP contribution in [0.2, 0.25) is 0 Å². The molecule has 0 saturated heterocycles. The number of pyridine rings is 6. The molecule has 0 radical (unpaired) electrons. The van der Waals surface area contributed by atoms with Gasteiger partial charge in [0, 0.05) is 48.4 Å². The van der Waals surface area contributed by atoms with Crippen molar-refractivity contribution in [2.24, 2.45) is 0 Å². The Morgan fingerprint density at radius 3 is 0.492 bits per heavy atom. The molecule has 0 aliphatic rings. The van der Waals surface area contributed by atoms with Crippen molar-refractivity contribution < 1.29 is 40.2 Å². The van der Waals surface area contributed by atoms with Crippen molar-refractivity contribution in [2.75, 3.05) is 0 Å². The van der Waals surface area contributed by atoms with Gasteiger partial charge in [0.15, 0.2) is 0 Å². The Morgan fingerprint density at radius 2 is 0.333 bits per heavy atom. The van der Waals surface area contributed by atoms with E-state index < -0.39 is 0 Å². The maximum absolute atomic E-state index is 5.19. The van der Waals surface area contributed by atoms with Crippen molar-refractivity contribution in [1.82, 2.24) is 29.9 Å². The summed E-state index contributed by atoms with van der Waals surface area (Å²) in [5.74, 6) is 0. The van der Waals surface area contributed by atoms with E-state index in [1.807, 2.05) is 116 Å². The maximum Gasteiger partial charge on any atom is 3.00 e. The first-order chi connectivity index (χ1) is 58.1. The van der Waals surface area contributed by atoms with E-state index in [0.29, 0.717) is 0 Å². The van der Waals surface area contributed by atoms with Crippen molar-refractivity contribution in [3.63, 3.8) is 0 Å². The molecule has 6 heterocycles. The van der Waals surface area contributed by atoms with E-state index in [4.69, 9.17) is 29.9 Å². The monoisotopic (exact) mass is 2140 g/mol. The minimum Gasteiger partial charge on any atom is -0.351 e. The minimum absolute atomic E-state index is 0. The first kappa shape index (κ1) is 80.4. The number of halogens is 4. The van der Waals surface area contributed by atoms with Gasteiger partial charge in [-0.25, -0.2) is 12.1 Å². The average Bonchev–Trinajstić information content (AvgIpc) is 0.770. The van der Waals surface area contributed by atoms with Gasteiger partial charge in [-0.3, -0.25) is 22.7 Å². The molecule has 120 heavy (non-hydrogen) atoms. The van der Waals surface area contributed by atoms with Crippen molar-refractivity contribution in [3.05, 3.63) is 431 Å². The molecule has 19 aromatic rings. The molecule has 6 aromatic heterocycles. The second kappa shape index (κ2) is 36.3. The molecule has 0 unspecified atom stereocenters. The van der Waals surface area contributed by atoms with Crippen LogP contribution in [0.4, 0.5) is 0 Å². The molecule has 0 atom stereocenters. The predicted octanol–water partition coefficient (Wildman–Crippen LogP) is 29.9. The number of aromatic nitrogens is 6. The van der Waals surface area contributed by atoms with Crippen LogP contribution in [0, 0.1) is 36.4 Å². The number of hydrogen-bond acceptors (Lipinski definition) is 6. The van der Waals surface area contributed by atoms with Gasteiger partial charge >= 0.3 is 40.2 Å². The second-order valence-corrected chi connectivity index (χ2v) is 32.2. The third-order valence-electron chi connectivity index (χ3n) is 21.2. The first-order valence-corrected chi connectivity index (χ1v) is 41.5. The zero-order chi connectivity index (χ0) is 79.4.